The van der Waals surface area contributed by atoms with E-state index < -0.39 is 5.97 Å². The van der Waals surface area contributed by atoms with Crippen LogP contribution in [0.15, 0.2) is 24.3 Å². The van der Waals surface area contributed by atoms with Gasteiger partial charge in [0.05, 0.1) is 23.7 Å². The number of benzene rings is 1. The van der Waals surface area contributed by atoms with Crippen molar-refractivity contribution in [1.29, 1.82) is 0 Å². The molecule has 0 fully saturated rings. The van der Waals surface area contributed by atoms with Crippen molar-refractivity contribution in [1.82, 2.24) is 4.98 Å². The van der Waals surface area contributed by atoms with Crippen LogP contribution in [-0.4, -0.2) is 24.0 Å². The smallest absolute Gasteiger partial charge is 0.306 e. The molecule has 5 nitrogen and oxygen atoms in total. The van der Waals surface area contributed by atoms with Gasteiger partial charge in [-0.25, -0.2) is 4.98 Å². The number of esters is 1. The molecular formula is C12H12N2O3S. The second-order valence-corrected chi connectivity index (χ2v) is 4.64. The highest BCUT2D eigenvalue weighted by molar-refractivity contribution is 7.22. The van der Waals surface area contributed by atoms with Gasteiger partial charge in [0, 0.05) is 6.42 Å². The van der Waals surface area contributed by atoms with Crippen LogP contribution < -0.4 is 5.32 Å². The monoisotopic (exact) mass is 264 g/mol. The van der Waals surface area contributed by atoms with E-state index >= 15 is 0 Å². The van der Waals surface area contributed by atoms with Crippen LogP contribution in [0.3, 0.4) is 0 Å². The molecule has 0 aliphatic heterocycles. The van der Waals surface area contributed by atoms with E-state index in [1.807, 2.05) is 24.3 Å². The van der Waals surface area contributed by atoms with E-state index in [0.29, 0.717) is 5.13 Å². The van der Waals surface area contributed by atoms with Gasteiger partial charge in [-0.2, -0.15) is 0 Å². The Morgan fingerprint density at radius 3 is 2.83 bits per heavy atom. The molecule has 6 heteroatoms. The Kier molecular flexibility index (Phi) is 3.88. The topological polar surface area (TPSA) is 68.3 Å². The summed E-state index contributed by atoms with van der Waals surface area (Å²) in [6.45, 7) is 0. The molecule has 94 valence electrons. The van der Waals surface area contributed by atoms with Crippen molar-refractivity contribution >= 4 is 38.6 Å². The van der Waals surface area contributed by atoms with E-state index in [9.17, 15) is 9.59 Å². The van der Waals surface area contributed by atoms with Crippen molar-refractivity contribution in [2.24, 2.45) is 0 Å². The number of para-hydroxylation sites is 1. The SMILES string of the molecule is COC(=O)CCC(=O)Nc1nc2ccccc2s1. The average Bonchev–Trinajstić information content (AvgIpc) is 2.77. The first-order valence-corrected chi connectivity index (χ1v) is 6.23. The number of thiazole rings is 1. The molecule has 1 N–H and O–H groups in total. The zero-order chi connectivity index (χ0) is 13.0. The third-order valence-electron chi connectivity index (χ3n) is 2.32. The molecule has 1 aromatic carbocycles. The number of methoxy groups -OCH3 is 1. The van der Waals surface area contributed by atoms with Gasteiger partial charge in [0.15, 0.2) is 5.13 Å². The van der Waals surface area contributed by atoms with Crippen molar-refractivity contribution in [2.45, 2.75) is 12.8 Å². The Balaban J connectivity index is 1.96. The number of rotatable bonds is 4. The highest BCUT2D eigenvalue weighted by atomic mass is 32.1. The van der Waals surface area contributed by atoms with Crippen LogP contribution in [-0.2, 0) is 14.3 Å². The minimum absolute atomic E-state index is 0.0766. The normalized spacial score (nSPS) is 10.3. The van der Waals surface area contributed by atoms with Crippen molar-refractivity contribution in [3.63, 3.8) is 0 Å². The first-order valence-electron chi connectivity index (χ1n) is 5.41. The van der Waals surface area contributed by atoms with Crippen LogP contribution >= 0.6 is 11.3 Å². The van der Waals surface area contributed by atoms with E-state index in [1.54, 1.807) is 0 Å². The number of carbonyl (C=O) groups excluding carboxylic acids is 2. The zero-order valence-corrected chi connectivity index (χ0v) is 10.6. The van der Waals surface area contributed by atoms with Crippen molar-refractivity contribution in [2.75, 3.05) is 12.4 Å². The van der Waals surface area contributed by atoms with Gasteiger partial charge in [-0.1, -0.05) is 23.5 Å². The molecule has 1 aromatic heterocycles. The zero-order valence-electron chi connectivity index (χ0n) is 9.80. The molecule has 2 rings (SSSR count). The maximum Gasteiger partial charge on any atom is 0.306 e. The lowest BCUT2D eigenvalue weighted by Crippen LogP contribution is -2.13. The summed E-state index contributed by atoms with van der Waals surface area (Å²) >= 11 is 1.41. The number of anilines is 1. The van der Waals surface area contributed by atoms with Gasteiger partial charge in [0.1, 0.15) is 0 Å². The fourth-order valence-electron chi connectivity index (χ4n) is 1.43. The van der Waals surface area contributed by atoms with Gasteiger partial charge in [0.2, 0.25) is 5.91 Å². The third-order valence-corrected chi connectivity index (χ3v) is 3.28. The maximum atomic E-state index is 11.6. The number of hydrogen-bond donors (Lipinski definition) is 1. The van der Waals surface area contributed by atoms with Crippen LogP contribution in [0.5, 0.6) is 0 Å². The van der Waals surface area contributed by atoms with Gasteiger partial charge in [-0.05, 0) is 12.1 Å². The largest absolute Gasteiger partial charge is 0.469 e. The average molecular weight is 264 g/mol. The third kappa shape index (κ3) is 3.04. The fourth-order valence-corrected chi connectivity index (χ4v) is 2.31. The molecule has 0 radical (unpaired) electrons. The van der Waals surface area contributed by atoms with Crippen molar-refractivity contribution in [3.8, 4) is 0 Å². The van der Waals surface area contributed by atoms with Gasteiger partial charge >= 0.3 is 5.97 Å². The summed E-state index contributed by atoms with van der Waals surface area (Å²) < 4.78 is 5.48. The van der Waals surface area contributed by atoms with Crippen LogP contribution in [0.1, 0.15) is 12.8 Å². The molecule has 0 spiro atoms. The molecule has 0 bridgehead atoms. The Morgan fingerprint density at radius 2 is 2.11 bits per heavy atom. The first-order chi connectivity index (χ1) is 8.69. The van der Waals surface area contributed by atoms with Crippen LogP contribution in [0.25, 0.3) is 10.2 Å². The number of carbonyl (C=O) groups is 2. The number of hydrogen-bond acceptors (Lipinski definition) is 5. The summed E-state index contributed by atoms with van der Waals surface area (Å²) in [6, 6.07) is 7.64. The van der Waals surface area contributed by atoms with E-state index in [2.05, 4.69) is 15.0 Å². The van der Waals surface area contributed by atoms with Crippen LogP contribution in [0, 0.1) is 0 Å². The second kappa shape index (κ2) is 5.59. The highest BCUT2D eigenvalue weighted by Crippen LogP contribution is 2.25. The maximum absolute atomic E-state index is 11.6. The predicted octanol–water partition coefficient (Wildman–Crippen LogP) is 2.19. The molecule has 0 aliphatic rings. The van der Waals surface area contributed by atoms with Crippen LogP contribution in [0.2, 0.25) is 0 Å². The lowest BCUT2D eigenvalue weighted by atomic mass is 10.3. The van der Waals surface area contributed by atoms with Gasteiger partial charge < -0.3 is 10.1 Å². The Morgan fingerprint density at radius 1 is 1.33 bits per heavy atom. The fraction of sp³-hybridized carbons (Fsp3) is 0.250. The Bertz CT molecular complexity index is 546. The summed E-state index contributed by atoms with van der Waals surface area (Å²) in [7, 11) is 1.30. The number of ether oxygens (including phenoxy) is 1. The van der Waals surface area contributed by atoms with Gasteiger partial charge in [0.25, 0.3) is 0 Å². The van der Waals surface area contributed by atoms with Gasteiger partial charge in [-0.15, -0.1) is 0 Å². The van der Waals surface area contributed by atoms with E-state index in [1.165, 1.54) is 18.4 Å². The minimum Gasteiger partial charge on any atom is -0.469 e. The number of aromatic nitrogens is 1. The second-order valence-electron chi connectivity index (χ2n) is 3.61. The Labute approximate surface area is 108 Å². The summed E-state index contributed by atoms with van der Waals surface area (Å²) in [5.41, 5.74) is 0.853. The van der Waals surface area contributed by atoms with Crippen molar-refractivity contribution in [3.05, 3.63) is 24.3 Å². The van der Waals surface area contributed by atoms with Crippen LogP contribution in [0.4, 0.5) is 5.13 Å². The molecule has 2 aromatic rings. The van der Waals surface area contributed by atoms with E-state index in [-0.39, 0.29) is 18.7 Å². The van der Waals surface area contributed by atoms with E-state index in [0.717, 1.165) is 10.2 Å². The molecule has 0 saturated heterocycles. The summed E-state index contributed by atoms with van der Waals surface area (Å²) in [6.07, 6.45) is 0.176. The lowest BCUT2D eigenvalue weighted by molar-refractivity contribution is -0.141. The standard InChI is InChI=1S/C12H12N2O3S/c1-17-11(16)7-6-10(15)14-12-13-8-4-2-3-5-9(8)18-12/h2-5H,6-7H2,1H3,(H,13,14,15). The first kappa shape index (κ1) is 12.5. The molecule has 1 amide bonds. The van der Waals surface area contributed by atoms with E-state index in [4.69, 9.17) is 0 Å². The van der Waals surface area contributed by atoms with Gasteiger partial charge in [-0.3, -0.25) is 9.59 Å². The molecule has 18 heavy (non-hydrogen) atoms. The summed E-state index contributed by atoms with van der Waals surface area (Å²) in [5, 5.41) is 3.22. The predicted molar refractivity (Wildman–Crippen MR) is 69.5 cm³/mol. The number of nitrogens with zero attached hydrogens (tertiary/aromatic N) is 1. The number of amides is 1. The molecule has 0 unspecified atom stereocenters. The summed E-state index contributed by atoms with van der Waals surface area (Å²) in [4.78, 5) is 26.7. The minimum atomic E-state index is -0.394. The summed E-state index contributed by atoms with van der Waals surface area (Å²) in [5.74, 6) is -0.631. The van der Waals surface area contributed by atoms with Crippen molar-refractivity contribution < 1.29 is 14.3 Å². The Hall–Kier alpha value is -1.95. The number of fused-ring (bicyclic) bond motifs is 1. The number of nitrogens with one attached hydrogen (secondary N) is 1. The quantitative estimate of drug-likeness (QED) is 0.859. The molecule has 0 aliphatic carbocycles. The lowest BCUT2D eigenvalue weighted by Gasteiger charge is -2.00. The molecule has 0 atom stereocenters. The molecule has 1 heterocycles. The highest BCUT2D eigenvalue weighted by Gasteiger charge is 2.09. The molecule has 0 saturated carbocycles. The molecular weight excluding hydrogens is 252 g/mol.